The van der Waals surface area contributed by atoms with Crippen molar-refractivity contribution in [2.75, 3.05) is 5.32 Å². The average molecular weight is 329 g/mol. The van der Waals surface area contributed by atoms with Gasteiger partial charge in [-0.25, -0.2) is 0 Å². The third-order valence-corrected chi connectivity index (χ3v) is 3.68. The van der Waals surface area contributed by atoms with Crippen LogP contribution in [0.5, 0.6) is 0 Å². The SMILES string of the molecule is Cc1cc(C(=O)Nc2ccc(Cl)c(Br)c2)c(C)o1. The number of aryl methyl sites for hydroxylation is 2. The average Bonchev–Trinajstić information content (AvgIpc) is 2.63. The summed E-state index contributed by atoms with van der Waals surface area (Å²) in [4.78, 5) is 12.0. The molecule has 18 heavy (non-hydrogen) atoms. The molecule has 3 nitrogen and oxygen atoms in total. The molecule has 0 fully saturated rings. The van der Waals surface area contributed by atoms with Crippen LogP contribution in [0, 0.1) is 13.8 Å². The number of carbonyl (C=O) groups excluding carboxylic acids is 1. The molecular weight excluding hydrogens is 318 g/mol. The van der Waals surface area contributed by atoms with Gasteiger partial charge in [0.2, 0.25) is 0 Å². The molecule has 94 valence electrons. The Balaban J connectivity index is 2.21. The second kappa shape index (κ2) is 5.16. The molecule has 0 aliphatic rings. The molecule has 1 amide bonds. The van der Waals surface area contributed by atoms with E-state index in [0.29, 0.717) is 22.0 Å². The first-order valence-corrected chi connectivity index (χ1v) is 6.48. The normalized spacial score (nSPS) is 10.4. The van der Waals surface area contributed by atoms with E-state index in [2.05, 4.69) is 21.2 Å². The summed E-state index contributed by atoms with van der Waals surface area (Å²) < 4.78 is 6.06. The van der Waals surface area contributed by atoms with Crippen molar-refractivity contribution in [3.8, 4) is 0 Å². The lowest BCUT2D eigenvalue weighted by Gasteiger charge is -2.05. The van der Waals surface area contributed by atoms with Crippen LogP contribution in [0.25, 0.3) is 0 Å². The number of anilines is 1. The highest BCUT2D eigenvalue weighted by Crippen LogP contribution is 2.26. The standard InChI is InChI=1S/C13H11BrClNO2/c1-7-5-10(8(2)18-7)13(17)16-9-3-4-12(15)11(14)6-9/h3-6H,1-2H3,(H,16,17). The molecule has 1 heterocycles. The zero-order valence-corrected chi connectivity index (χ0v) is 12.2. The summed E-state index contributed by atoms with van der Waals surface area (Å²) in [5.41, 5.74) is 1.22. The van der Waals surface area contributed by atoms with E-state index in [1.54, 1.807) is 31.2 Å². The van der Waals surface area contributed by atoms with E-state index in [1.807, 2.05) is 6.92 Å². The van der Waals surface area contributed by atoms with Gasteiger partial charge in [0.1, 0.15) is 11.5 Å². The molecule has 0 spiro atoms. The van der Waals surface area contributed by atoms with Crippen LogP contribution in [0.2, 0.25) is 5.02 Å². The van der Waals surface area contributed by atoms with E-state index >= 15 is 0 Å². The van der Waals surface area contributed by atoms with Crippen LogP contribution < -0.4 is 5.32 Å². The number of amides is 1. The second-order valence-corrected chi connectivity index (χ2v) is 5.17. The van der Waals surface area contributed by atoms with Crippen molar-refractivity contribution in [1.82, 2.24) is 0 Å². The summed E-state index contributed by atoms with van der Waals surface area (Å²) in [6.07, 6.45) is 0. The Morgan fingerprint density at radius 1 is 1.33 bits per heavy atom. The van der Waals surface area contributed by atoms with Gasteiger partial charge in [0.05, 0.1) is 10.6 Å². The predicted octanol–water partition coefficient (Wildman–Crippen LogP) is 4.56. The van der Waals surface area contributed by atoms with Crippen molar-refractivity contribution < 1.29 is 9.21 Å². The molecule has 1 aromatic heterocycles. The number of nitrogens with one attached hydrogen (secondary N) is 1. The Hall–Kier alpha value is -1.26. The lowest BCUT2D eigenvalue weighted by Crippen LogP contribution is -2.12. The zero-order valence-electron chi connectivity index (χ0n) is 9.88. The molecule has 0 radical (unpaired) electrons. The number of hydrogen-bond acceptors (Lipinski definition) is 2. The van der Waals surface area contributed by atoms with E-state index in [0.717, 1.165) is 10.2 Å². The third-order valence-electron chi connectivity index (χ3n) is 2.46. The Labute approximate surface area is 118 Å². The predicted molar refractivity (Wildman–Crippen MR) is 75.3 cm³/mol. The summed E-state index contributed by atoms with van der Waals surface area (Å²) in [6, 6.07) is 6.93. The maximum Gasteiger partial charge on any atom is 0.259 e. The largest absolute Gasteiger partial charge is 0.466 e. The summed E-state index contributed by atoms with van der Waals surface area (Å²) in [6.45, 7) is 3.57. The third kappa shape index (κ3) is 2.76. The van der Waals surface area contributed by atoms with Gasteiger partial charge in [0, 0.05) is 10.2 Å². The Morgan fingerprint density at radius 2 is 2.06 bits per heavy atom. The smallest absolute Gasteiger partial charge is 0.259 e. The van der Waals surface area contributed by atoms with E-state index in [9.17, 15) is 4.79 Å². The number of halogens is 2. The van der Waals surface area contributed by atoms with Crippen molar-refractivity contribution in [1.29, 1.82) is 0 Å². The van der Waals surface area contributed by atoms with Gasteiger partial charge in [-0.3, -0.25) is 4.79 Å². The number of rotatable bonds is 2. The quantitative estimate of drug-likeness (QED) is 0.877. The molecule has 0 saturated heterocycles. The van der Waals surface area contributed by atoms with Gasteiger partial charge >= 0.3 is 0 Å². The van der Waals surface area contributed by atoms with Crippen LogP contribution >= 0.6 is 27.5 Å². The Kier molecular flexibility index (Phi) is 3.78. The van der Waals surface area contributed by atoms with Gasteiger partial charge in [0.25, 0.3) is 5.91 Å². The van der Waals surface area contributed by atoms with Gasteiger partial charge in [-0.05, 0) is 54.0 Å². The Morgan fingerprint density at radius 3 is 2.61 bits per heavy atom. The van der Waals surface area contributed by atoms with E-state index in [-0.39, 0.29) is 5.91 Å². The minimum absolute atomic E-state index is 0.196. The summed E-state index contributed by atoms with van der Waals surface area (Å²) >= 11 is 9.20. The maximum atomic E-state index is 12.0. The minimum Gasteiger partial charge on any atom is -0.466 e. The van der Waals surface area contributed by atoms with E-state index < -0.39 is 0 Å². The topological polar surface area (TPSA) is 42.2 Å². The number of furan rings is 1. The van der Waals surface area contributed by atoms with Crippen LogP contribution in [0.1, 0.15) is 21.9 Å². The first kappa shape index (κ1) is 13.2. The minimum atomic E-state index is -0.196. The van der Waals surface area contributed by atoms with E-state index in [4.69, 9.17) is 16.0 Å². The molecule has 2 rings (SSSR count). The molecule has 1 N–H and O–H groups in total. The summed E-state index contributed by atoms with van der Waals surface area (Å²) in [7, 11) is 0. The van der Waals surface area contributed by atoms with Gasteiger partial charge in [-0.1, -0.05) is 11.6 Å². The lowest BCUT2D eigenvalue weighted by molar-refractivity contribution is 0.102. The van der Waals surface area contributed by atoms with Crippen molar-refractivity contribution in [3.05, 3.63) is 50.8 Å². The molecule has 1 aromatic carbocycles. The van der Waals surface area contributed by atoms with Gasteiger partial charge in [-0.2, -0.15) is 0 Å². The van der Waals surface area contributed by atoms with Crippen molar-refractivity contribution in [2.24, 2.45) is 0 Å². The molecule has 2 aromatic rings. The van der Waals surface area contributed by atoms with Crippen LogP contribution in [-0.4, -0.2) is 5.91 Å². The molecule has 0 atom stereocenters. The van der Waals surface area contributed by atoms with Crippen molar-refractivity contribution in [2.45, 2.75) is 13.8 Å². The van der Waals surface area contributed by atoms with Crippen molar-refractivity contribution in [3.63, 3.8) is 0 Å². The van der Waals surface area contributed by atoms with Crippen LogP contribution in [-0.2, 0) is 0 Å². The first-order chi connectivity index (χ1) is 8.47. The van der Waals surface area contributed by atoms with Crippen molar-refractivity contribution >= 4 is 39.1 Å². The first-order valence-electron chi connectivity index (χ1n) is 5.31. The second-order valence-electron chi connectivity index (χ2n) is 3.91. The fourth-order valence-corrected chi connectivity index (χ4v) is 2.12. The number of hydrogen-bond donors (Lipinski definition) is 1. The van der Waals surface area contributed by atoms with Crippen LogP contribution in [0.3, 0.4) is 0 Å². The lowest BCUT2D eigenvalue weighted by atomic mass is 10.2. The molecule has 0 bridgehead atoms. The monoisotopic (exact) mass is 327 g/mol. The fraction of sp³-hybridized carbons (Fsp3) is 0.154. The van der Waals surface area contributed by atoms with E-state index in [1.165, 1.54) is 0 Å². The summed E-state index contributed by atoms with van der Waals surface area (Å²) in [5.74, 6) is 1.13. The molecule has 0 aliphatic heterocycles. The zero-order chi connectivity index (χ0) is 13.3. The highest BCUT2D eigenvalue weighted by molar-refractivity contribution is 9.10. The van der Waals surface area contributed by atoms with Gasteiger partial charge in [-0.15, -0.1) is 0 Å². The molecule has 5 heteroatoms. The number of benzene rings is 1. The fourth-order valence-electron chi connectivity index (χ4n) is 1.63. The highest BCUT2D eigenvalue weighted by atomic mass is 79.9. The highest BCUT2D eigenvalue weighted by Gasteiger charge is 2.13. The van der Waals surface area contributed by atoms with Crippen LogP contribution in [0.15, 0.2) is 33.2 Å². The van der Waals surface area contributed by atoms with Crippen LogP contribution in [0.4, 0.5) is 5.69 Å². The molecule has 0 saturated carbocycles. The maximum absolute atomic E-state index is 12.0. The molecule has 0 unspecified atom stereocenters. The molecular formula is C13H11BrClNO2. The Bertz CT molecular complexity index is 607. The molecule has 0 aliphatic carbocycles. The number of carbonyl (C=O) groups is 1. The van der Waals surface area contributed by atoms with Gasteiger partial charge < -0.3 is 9.73 Å². The van der Waals surface area contributed by atoms with Gasteiger partial charge in [0.15, 0.2) is 0 Å². The summed E-state index contributed by atoms with van der Waals surface area (Å²) in [5, 5.41) is 3.39.